The Morgan fingerprint density at radius 2 is 1.73 bits per heavy atom. The van der Waals surface area contributed by atoms with Crippen LogP contribution in [-0.2, 0) is 6.54 Å². The molecule has 4 heteroatoms. The molecule has 0 spiro atoms. The predicted octanol–water partition coefficient (Wildman–Crippen LogP) is 4.62. The van der Waals surface area contributed by atoms with E-state index in [1.165, 1.54) is 0 Å². The van der Waals surface area contributed by atoms with Gasteiger partial charge in [-0.05, 0) is 50.3 Å². The normalized spacial score (nSPS) is 11.3. The summed E-state index contributed by atoms with van der Waals surface area (Å²) in [6.45, 7) is 8.76. The molecule has 4 nitrogen and oxygen atoms in total. The first-order valence-corrected chi connectivity index (χ1v) is 9.01. The summed E-state index contributed by atoms with van der Waals surface area (Å²) in [6.07, 6.45) is 0. The van der Waals surface area contributed by atoms with Gasteiger partial charge in [0.1, 0.15) is 17.1 Å². The highest BCUT2D eigenvalue weighted by Gasteiger charge is 2.16. The molecule has 0 saturated heterocycles. The molecule has 0 aliphatic rings. The molecule has 1 heterocycles. The lowest BCUT2D eigenvalue weighted by atomic mass is 10.0. The van der Waals surface area contributed by atoms with Gasteiger partial charge in [0.05, 0.1) is 12.5 Å². The molecule has 26 heavy (non-hydrogen) atoms. The Kier molecular flexibility index (Phi) is 5.43. The fourth-order valence-corrected chi connectivity index (χ4v) is 3.20. The Bertz CT molecular complexity index is 954. The second-order valence-corrected chi connectivity index (χ2v) is 6.37. The summed E-state index contributed by atoms with van der Waals surface area (Å²) in [5.41, 5.74) is 3.25. The third kappa shape index (κ3) is 3.37. The van der Waals surface area contributed by atoms with Gasteiger partial charge >= 0.3 is 0 Å². The lowest BCUT2D eigenvalue weighted by molar-refractivity contribution is 0.295. The maximum absolute atomic E-state index is 12.9. The van der Waals surface area contributed by atoms with Gasteiger partial charge in [-0.15, -0.1) is 0 Å². The Hall–Kier alpha value is -2.59. The van der Waals surface area contributed by atoms with Crippen molar-refractivity contribution in [1.29, 1.82) is 0 Å². The number of benzene rings is 2. The van der Waals surface area contributed by atoms with E-state index >= 15 is 0 Å². The van der Waals surface area contributed by atoms with E-state index in [-0.39, 0.29) is 5.43 Å². The maximum Gasteiger partial charge on any atom is 0.196 e. The van der Waals surface area contributed by atoms with Crippen LogP contribution in [-0.4, -0.2) is 25.1 Å². The molecule has 0 amide bonds. The summed E-state index contributed by atoms with van der Waals surface area (Å²) in [7, 11) is 1.63. The number of hydrogen-bond donors (Lipinski definition) is 0. The third-order valence-electron chi connectivity index (χ3n) is 4.87. The molecule has 3 aromatic rings. The highest BCUT2D eigenvalue weighted by atomic mass is 16.5. The molecule has 0 fully saturated rings. The summed E-state index contributed by atoms with van der Waals surface area (Å²) in [5, 5.41) is 0.643. The fourth-order valence-electron chi connectivity index (χ4n) is 3.20. The van der Waals surface area contributed by atoms with Gasteiger partial charge in [0.15, 0.2) is 5.43 Å². The lowest BCUT2D eigenvalue weighted by Gasteiger charge is -2.19. The zero-order valence-electron chi connectivity index (χ0n) is 15.8. The highest BCUT2D eigenvalue weighted by molar-refractivity contribution is 5.83. The quantitative estimate of drug-likeness (QED) is 0.650. The van der Waals surface area contributed by atoms with Crippen molar-refractivity contribution in [3.05, 3.63) is 63.8 Å². The van der Waals surface area contributed by atoms with Gasteiger partial charge in [-0.1, -0.05) is 26.0 Å². The largest absolute Gasteiger partial charge is 0.497 e. The van der Waals surface area contributed by atoms with Crippen LogP contribution in [0.4, 0.5) is 0 Å². The minimum Gasteiger partial charge on any atom is -0.497 e. The number of nitrogens with zero attached hydrogens (tertiary/aromatic N) is 1. The molecule has 0 aliphatic heterocycles. The maximum atomic E-state index is 12.9. The van der Waals surface area contributed by atoms with E-state index in [0.717, 1.165) is 36.5 Å². The van der Waals surface area contributed by atoms with Gasteiger partial charge in [0.2, 0.25) is 0 Å². The molecule has 0 bridgehead atoms. The van der Waals surface area contributed by atoms with Gasteiger partial charge in [0, 0.05) is 23.2 Å². The number of fused-ring (bicyclic) bond motifs is 1. The Balaban J connectivity index is 2.18. The molecule has 0 atom stereocenters. The van der Waals surface area contributed by atoms with Crippen molar-refractivity contribution in [3.8, 4) is 17.1 Å². The second kappa shape index (κ2) is 7.75. The van der Waals surface area contributed by atoms with Crippen LogP contribution >= 0.6 is 0 Å². The molecular formula is C22H25NO3. The van der Waals surface area contributed by atoms with Gasteiger partial charge in [-0.2, -0.15) is 0 Å². The first-order valence-electron chi connectivity index (χ1n) is 9.01. The van der Waals surface area contributed by atoms with E-state index in [1.54, 1.807) is 7.11 Å². The minimum atomic E-state index is 0.0264. The first kappa shape index (κ1) is 18.2. The monoisotopic (exact) mass is 351 g/mol. The van der Waals surface area contributed by atoms with Crippen LogP contribution < -0.4 is 10.2 Å². The van der Waals surface area contributed by atoms with E-state index in [1.807, 2.05) is 49.4 Å². The summed E-state index contributed by atoms with van der Waals surface area (Å²) < 4.78 is 11.5. The molecule has 3 rings (SSSR count). The van der Waals surface area contributed by atoms with Gasteiger partial charge in [-0.3, -0.25) is 9.69 Å². The average Bonchev–Trinajstić information content (AvgIpc) is 2.69. The van der Waals surface area contributed by atoms with Crippen LogP contribution in [0.3, 0.4) is 0 Å². The number of hydrogen-bond acceptors (Lipinski definition) is 4. The van der Waals surface area contributed by atoms with Crippen LogP contribution in [0.25, 0.3) is 22.3 Å². The second-order valence-electron chi connectivity index (χ2n) is 6.37. The zero-order valence-corrected chi connectivity index (χ0v) is 15.8. The van der Waals surface area contributed by atoms with Crippen molar-refractivity contribution in [3.63, 3.8) is 0 Å². The van der Waals surface area contributed by atoms with Crippen LogP contribution in [0.1, 0.15) is 25.0 Å². The SMILES string of the molecule is CCN(CC)Cc1cccc2c(=O)c(C)c(-c3ccc(OC)cc3)oc12. The van der Waals surface area contributed by atoms with Crippen molar-refractivity contribution >= 4 is 11.0 Å². The van der Waals surface area contributed by atoms with Crippen LogP contribution in [0.5, 0.6) is 5.75 Å². The molecule has 136 valence electrons. The van der Waals surface area contributed by atoms with E-state index in [9.17, 15) is 4.79 Å². The first-order chi connectivity index (χ1) is 12.6. The topological polar surface area (TPSA) is 42.7 Å². The van der Waals surface area contributed by atoms with Crippen molar-refractivity contribution < 1.29 is 9.15 Å². The van der Waals surface area contributed by atoms with Crippen molar-refractivity contribution in [2.45, 2.75) is 27.3 Å². The van der Waals surface area contributed by atoms with Crippen molar-refractivity contribution in [1.82, 2.24) is 4.90 Å². The number of methoxy groups -OCH3 is 1. The smallest absolute Gasteiger partial charge is 0.196 e. The van der Waals surface area contributed by atoms with E-state index in [4.69, 9.17) is 9.15 Å². The summed E-state index contributed by atoms with van der Waals surface area (Å²) >= 11 is 0. The molecular weight excluding hydrogens is 326 g/mol. The van der Waals surface area contributed by atoms with Gasteiger partial charge in [-0.25, -0.2) is 0 Å². The molecule has 0 unspecified atom stereocenters. The van der Waals surface area contributed by atoms with E-state index in [2.05, 4.69) is 18.7 Å². The molecule has 0 N–H and O–H groups in total. The number of para-hydroxylation sites is 1. The molecule has 2 aromatic carbocycles. The minimum absolute atomic E-state index is 0.0264. The fraction of sp³-hybridized carbons (Fsp3) is 0.318. The van der Waals surface area contributed by atoms with Gasteiger partial charge in [0.25, 0.3) is 0 Å². The molecule has 1 aromatic heterocycles. The molecule has 0 aliphatic carbocycles. The summed E-state index contributed by atoms with van der Waals surface area (Å²) in [5.74, 6) is 1.40. The Labute approximate surface area is 154 Å². The van der Waals surface area contributed by atoms with E-state index in [0.29, 0.717) is 22.3 Å². The zero-order chi connectivity index (χ0) is 18.7. The Morgan fingerprint density at radius 3 is 2.35 bits per heavy atom. The molecule has 0 saturated carbocycles. The van der Waals surface area contributed by atoms with E-state index < -0.39 is 0 Å². The number of rotatable bonds is 6. The van der Waals surface area contributed by atoms with Crippen molar-refractivity contribution in [2.75, 3.05) is 20.2 Å². The standard InChI is InChI=1S/C22H25NO3/c1-5-23(6-2)14-17-8-7-9-19-20(24)15(3)21(26-22(17)19)16-10-12-18(25-4)13-11-16/h7-13H,5-6,14H2,1-4H3. The van der Waals surface area contributed by atoms with Crippen LogP contribution in [0, 0.1) is 6.92 Å². The third-order valence-corrected chi connectivity index (χ3v) is 4.87. The predicted molar refractivity (Wildman–Crippen MR) is 106 cm³/mol. The summed E-state index contributed by atoms with van der Waals surface area (Å²) in [4.78, 5) is 15.2. The van der Waals surface area contributed by atoms with Crippen LogP contribution in [0.2, 0.25) is 0 Å². The average molecular weight is 351 g/mol. The van der Waals surface area contributed by atoms with Crippen LogP contribution in [0.15, 0.2) is 51.7 Å². The molecule has 0 radical (unpaired) electrons. The Morgan fingerprint density at radius 1 is 1.04 bits per heavy atom. The lowest BCUT2D eigenvalue weighted by Crippen LogP contribution is -2.22. The summed E-state index contributed by atoms with van der Waals surface area (Å²) in [6, 6.07) is 13.4. The number of ether oxygens (including phenoxy) is 1. The highest BCUT2D eigenvalue weighted by Crippen LogP contribution is 2.29. The van der Waals surface area contributed by atoms with Gasteiger partial charge < -0.3 is 9.15 Å². The van der Waals surface area contributed by atoms with Crippen molar-refractivity contribution in [2.24, 2.45) is 0 Å².